The Morgan fingerprint density at radius 2 is 1.59 bits per heavy atom. The summed E-state index contributed by atoms with van der Waals surface area (Å²) in [5.74, 6) is -0.512. The van der Waals surface area contributed by atoms with Crippen LogP contribution < -0.4 is 4.90 Å². The van der Waals surface area contributed by atoms with Crippen molar-refractivity contribution >= 4 is 40.6 Å². The molecule has 4 nitrogen and oxygen atoms in total. The number of carbonyl (C=O) groups is 2. The lowest BCUT2D eigenvalue weighted by molar-refractivity contribution is -0.136. The molecule has 0 bridgehead atoms. The second-order valence-electron chi connectivity index (χ2n) is 8.42. The van der Waals surface area contributed by atoms with Crippen molar-refractivity contribution in [3.8, 4) is 0 Å². The maximum atomic E-state index is 13.4. The number of halogens is 2. The van der Waals surface area contributed by atoms with Crippen LogP contribution in [0.1, 0.15) is 53.2 Å². The summed E-state index contributed by atoms with van der Waals surface area (Å²) in [5.41, 5.74) is 1.32. The fourth-order valence-corrected chi connectivity index (χ4v) is 4.31. The van der Waals surface area contributed by atoms with Crippen LogP contribution in [0.15, 0.2) is 66.7 Å². The van der Waals surface area contributed by atoms with Gasteiger partial charge < -0.3 is 10.0 Å². The van der Waals surface area contributed by atoms with Crippen LogP contribution in [0, 0.1) is 0 Å². The average Bonchev–Trinajstić information content (AvgIpc) is 2.96. The Balaban J connectivity index is 1.66. The topological polar surface area (TPSA) is 57.6 Å². The molecule has 4 rings (SSSR count). The highest BCUT2D eigenvalue weighted by Gasteiger charge is 2.51. The van der Waals surface area contributed by atoms with Crippen molar-refractivity contribution in [1.29, 1.82) is 0 Å². The van der Waals surface area contributed by atoms with Crippen LogP contribution in [-0.4, -0.2) is 16.8 Å². The Morgan fingerprint density at radius 1 is 0.969 bits per heavy atom. The quantitative estimate of drug-likeness (QED) is 0.443. The number of anilines is 1. The van der Waals surface area contributed by atoms with E-state index in [2.05, 4.69) is 13.8 Å². The van der Waals surface area contributed by atoms with E-state index in [1.807, 2.05) is 24.3 Å². The van der Waals surface area contributed by atoms with Gasteiger partial charge in [-0.25, -0.2) is 0 Å². The molecule has 1 heterocycles. The van der Waals surface area contributed by atoms with E-state index in [-0.39, 0.29) is 18.7 Å². The maximum Gasteiger partial charge on any atom is 0.264 e. The average molecular weight is 468 g/mol. The molecule has 0 saturated carbocycles. The molecule has 0 aromatic heterocycles. The third-order valence-electron chi connectivity index (χ3n) is 5.86. The minimum Gasteiger partial charge on any atom is -0.375 e. The molecule has 1 N–H and O–H groups in total. The lowest BCUT2D eigenvalue weighted by Gasteiger charge is -2.23. The highest BCUT2D eigenvalue weighted by atomic mass is 35.5. The standard InChI is InChI=1S/C26H23Cl2NO3/c1-16(2)18-5-7-19(8-6-18)24(30)14-26(32)22-13-21(28)11-12-23(22)29(25(26)31)15-17-3-9-20(27)10-4-17/h3-13,16,32H,14-15H2,1-2H3/t26-/m1/s1. The van der Waals surface area contributed by atoms with E-state index in [0.717, 1.165) is 11.1 Å². The predicted octanol–water partition coefficient (Wildman–Crippen LogP) is 6.12. The summed E-state index contributed by atoms with van der Waals surface area (Å²) in [4.78, 5) is 28.0. The number of hydrogen-bond acceptors (Lipinski definition) is 3. The van der Waals surface area contributed by atoms with Crippen molar-refractivity contribution in [2.24, 2.45) is 0 Å². The van der Waals surface area contributed by atoms with Crippen molar-refractivity contribution in [2.75, 3.05) is 4.90 Å². The molecular formula is C26H23Cl2NO3. The lowest BCUT2D eigenvalue weighted by atomic mass is 9.87. The number of carbonyl (C=O) groups excluding carboxylic acids is 2. The molecule has 1 atom stereocenters. The van der Waals surface area contributed by atoms with Crippen LogP contribution in [0.2, 0.25) is 10.0 Å². The summed E-state index contributed by atoms with van der Waals surface area (Å²) in [5, 5.41) is 12.5. The number of aliphatic hydroxyl groups is 1. The second-order valence-corrected chi connectivity index (χ2v) is 9.29. The fraction of sp³-hybridized carbons (Fsp3) is 0.231. The van der Waals surface area contributed by atoms with E-state index >= 15 is 0 Å². The van der Waals surface area contributed by atoms with Gasteiger partial charge >= 0.3 is 0 Å². The van der Waals surface area contributed by atoms with E-state index in [1.165, 1.54) is 4.90 Å². The molecule has 32 heavy (non-hydrogen) atoms. The Kier molecular flexibility index (Phi) is 6.13. The van der Waals surface area contributed by atoms with E-state index < -0.39 is 11.5 Å². The van der Waals surface area contributed by atoms with Gasteiger partial charge in [-0.05, 0) is 47.4 Å². The van der Waals surface area contributed by atoms with Crippen LogP contribution in [0.3, 0.4) is 0 Å². The first kappa shape index (κ1) is 22.5. The monoisotopic (exact) mass is 467 g/mol. The summed E-state index contributed by atoms with van der Waals surface area (Å²) < 4.78 is 0. The van der Waals surface area contributed by atoms with E-state index in [0.29, 0.717) is 32.8 Å². The van der Waals surface area contributed by atoms with E-state index in [9.17, 15) is 14.7 Å². The molecule has 6 heteroatoms. The molecule has 0 radical (unpaired) electrons. The van der Waals surface area contributed by atoms with Gasteiger partial charge in [0.05, 0.1) is 18.7 Å². The first-order chi connectivity index (χ1) is 15.2. The second kappa shape index (κ2) is 8.70. The molecule has 1 amide bonds. The van der Waals surface area contributed by atoms with Gasteiger partial charge in [-0.1, -0.05) is 73.4 Å². The predicted molar refractivity (Wildman–Crippen MR) is 127 cm³/mol. The summed E-state index contributed by atoms with van der Waals surface area (Å²) in [6, 6.07) is 19.3. The van der Waals surface area contributed by atoms with Gasteiger partial charge in [0.25, 0.3) is 5.91 Å². The molecule has 0 aliphatic carbocycles. The molecule has 3 aromatic rings. The zero-order valence-electron chi connectivity index (χ0n) is 17.8. The van der Waals surface area contributed by atoms with Gasteiger partial charge in [0.15, 0.2) is 11.4 Å². The van der Waals surface area contributed by atoms with Gasteiger partial charge in [-0.15, -0.1) is 0 Å². The molecule has 0 saturated heterocycles. The highest BCUT2D eigenvalue weighted by Crippen LogP contribution is 2.44. The highest BCUT2D eigenvalue weighted by molar-refractivity contribution is 6.31. The Labute approximate surface area is 197 Å². The Bertz CT molecular complexity index is 1170. The van der Waals surface area contributed by atoms with Gasteiger partial charge in [-0.2, -0.15) is 0 Å². The fourth-order valence-electron chi connectivity index (χ4n) is 4.01. The third kappa shape index (κ3) is 4.18. The molecular weight excluding hydrogens is 445 g/mol. The van der Waals surface area contributed by atoms with Crippen molar-refractivity contribution in [3.05, 3.63) is 99.0 Å². The van der Waals surface area contributed by atoms with Crippen LogP contribution in [-0.2, 0) is 16.9 Å². The van der Waals surface area contributed by atoms with Crippen molar-refractivity contribution in [2.45, 2.75) is 38.3 Å². The minimum absolute atomic E-state index is 0.240. The molecule has 3 aromatic carbocycles. The molecule has 0 spiro atoms. The molecule has 164 valence electrons. The number of Topliss-reactive ketones (excluding diaryl/α,β-unsaturated/α-hetero) is 1. The SMILES string of the molecule is CC(C)c1ccc(C(=O)C[C@]2(O)C(=O)N(Cc3ccc(Cl)cc3)c3ccc(Cl)cc32)cc1. The van der Waals surface area contributed by atoms with E-state index in [1.54, 1.807) is 42.5 Å². The Morgan fingerprint density at radius 3 is 2.22 bits per heavy atom. The van der Waals surface area contributed by atoms with Crippen LogP contribution in [0.5, 0.6) is 0 Å². The smallest absolute Gasteiger partial charge is 0.264 e. The van der Waals surface area contributed by atoms with E-state index in [4.69, 9.17) is 23.2 Å². The van der Waals surface area contributed by atoms with Gasteiger partial charge in [-0.3, -0.25) is 9.59 Å². The normalized spacial score (nSPS) is 17.7. The van der Waals surface area contributed by atoms with Gasteiger partial charge in [0.2, 0.25) is 0 Å². The van der Waals surface area contributed by atoms with Crippen molar-refractivity contribution < 1.29 is 14.7 Å². The number of fused-ring (bicyclic) bond motifs is 1. The zero-order chi connectivity index (χ0) is 23.0. The molecule has 1 aliphatic rings. The third-order valence-corrected chi connectivity index (χ3v) is 6.35. The largest absolute Gasteiger partial charge is 0.375 e. The Hall–Kier alpha value is -2.66. The maximum absolute atomic E-state index is 13.4. The van der Waals surface area contributed by atoms with Crippen molar-refractivity contribution in [1.82, 2.24) is 0 Å². The number of rotatable bonds is 6. The minimum atomic E-state index is -1.99. The van der Waals surface area contributed by atoms with Crippen molar-refractivity contribution in [3.63, 3.8) is 0 Å². The first-order valence-corrected chi connectivity index (χ1v) is 11.2. The summed E-state index contributed by atoms with van der Waals surface area (Å²) >= 11 is 12.2. The van der Waals surface area contributed by atoms with Crippen LogP contribution >= 0.6 is 23.2 Å². The lowest BCUT2D eigenvalue weighted by Crippen LogP contribution is -2.41. The number of ketones is 1. The number of nitrogens with zero attached hydrogens (tertiary/aromatic N) is 1. The molecule has 0 fully saturated rings. The first-order valence-electron chi connectivity index (χ1n) is 10.4. The summed E-state index contributed by atoms with van der Waals surface area (Å²) in [6.45, 7) is 4.39. The van der Waals surface area contributed by atoms with Gasteiger partial charge in [0.1, 0.15) is 0 Å². The number of benzene rings is 3. The van der Waals surface area contributed by atoms with Crippen LogP contribution in [0.4, 0.5) is 5.69 Å². The number of hydrogen-bond donors (Lipinski definition) is 1. The molecule has 1 aliphatic heterocycles. The summed E-state index contributed by atoms with van der Waals surface area (Å²) in [7, 11) is 0. The van der Waals surface area contributed by atoms with Gasteiger partial charge in [0, 0.05) is 21.2 Å². The summed E-state index contributed by atoms with van der Waals surface area (Å²) in [6.07, 6.45) is -0.364. The molecule has 0 unspecified atom stereocenters. The zero-order valence-corrected chi connectivity index (χ0v) is 19.3. The number of amides is 1. The van der Waals surface area contributed by atoms with Crippen LogP contribution in [0.25, 0.3) is 0 Å².